The van der Waals surface area contributed by atoms with Gasteiger partial charge in [-0.25, -0.2) is 0 Å². The van der Waals surface area contributed by atoms with E-state index in [-0.39, 0.29) is 18.2 Å². The van der Waals surface area contributed by atoms with Crippen LogP contribution in [0.15, 0.2) is 54.7 Å². The highest BCUT2D eigenvalue weighted by Crippen LogP contribution is 2.42. The fourth-order valence-electron chi connectivity index (χ4n) is 5.18. The van der Waals surface area contributed by atoms with Crippen molar-refractivity contribution in [2.45, 2.75) is 44.9 Å². The van der Waals surface area contributed by atoms with Gasteiger partial charge in [-0.1, -0.05) is 12.1 Å². The Bertz CT molecular complexity index is 1140. The van der Waals surface area contributed by atoms with Crippen molar-refractivity contribution in [3.8, 4) is 11.4 Å². The molecule has 0 spiro atoms. The SMILES string of the molecule is COc1cccc(-n2c(C)cc([C@@H]3[C@@H](c4ccccn4)NC(=S)N3C[C@@H]3CCCO3)c2C)c1. The number of methoxy groups -OCH3 is 1. The highest BCUT2D eigenvalue weighted by Gasteiger charge is 2.42. The van der Waals surface area contributed by atoms with E-state index < -0.39 is 0 Å². The topological polar surface area (TPSA) is 51.5 Å². The number of aryl methyl sites for hydroxylation is 1. The largest absolute Gasteiger partial charge is 0.497 e. The molecular weight excluding hydrogens is 432 g/mol. The summed E-state index contributed by atoms with van der Waals surface area (Å²) in [7, 11) is 1.70. The third-order valence-electron chi connectivity index (χ3n) is 6.72. The second kappa shape index (κ2) is 9.15. The molecule has 33 heavy (non-hydrogen) atoms. The molecule has 0 saturated carbocycles. The molecule has 2 aliphatic heterocycles. The van der Waals surface area contributed by atoms with Crippen LogP contribution in [0, 0.1) is 13.8 Å². The normalized spacial score (nSPS) is 22.6. The molecule has 2 aromatic heterocycles. The maximum atomic E-state index is 5.98. The van der Waals surface area contributed by atoms with Gasteiger partial charge in [-0.3, -0.25) is 4.98 Å². The lowest BCUT2D eigenvalue weighted by atomic mass is 9.96. The van der Waals surface area contributed by atoms with Crippen LogP contribution in [0.3, 0.4) is 0 Å². The van der Waals surface area contributed by atoms with E-state index in [9.17, 15) is 0 Å². The van der Waals surface area contributed by atoms with Crippen molar-refractivity contribution in [1.29, 1.82) is 0 Å². The van der Waals surface area contributed by atoms with Crippen LogP contribution in [0.5, 0.6) is 5.75 Å². The average Bonchev–Trinajstić information content (AvgIpc) is 3.53. The molecule has 1 aromatic carbocycles. The van der Waals surface area contributed by atoms with Crippen molar-refractivity contribution >= 4 is 17.3 Å². The molecule has 0 radical (unpaired) electrons. The number of thiocarbonyl (C=S) groups is 1. The first kappa shape index (κ1) is 21.9. The highest BCUT2D eigenvalue weighted by atomic mass is 32.1. The van der Waals surface area contributed by atoms with E-state index in [1.807, 2.05) is 30.5 Å². The summed E-state index contributed by atoms with van der Waals surface area (Å²) in [5, 5.41) is 4.33. The molecule has 0 unspecified atom stereocenters. The maximum absolute atomic E-state index is 5.98. The van der Waals surface area contributed by atoms with E-state index in [4.69, 9.17) is 21.7 Å². The number of nitrogens with one attached hydrogen (secondary N) is 1. The number of hydrogen-bond donors (Lipinski definition) is 1. The highest BCUT2D eigenvalue weighted by molar-refractivity contribution is 7.80. The van der Waals surface area contributed by atoms with E-state index in [1.165, 1.54) is 17.0 Å². The fraction of sp³-hybridized carbons (Fsp3) is 0.385. The van der Waals surface area contributed by atoms with Crippen molar-refractivity contribution in [3.63, 3.8) is 0 Å². The first-order valence-electron chi connectivity index (χ1n) is 11.5. The summed E-state index contributed by atoms with van der Waals surface area (Å²) in [6.45, 7) is 5.94. The van der Waals surface area contributed by atoms with Gasteiger partial charge in [0.1, 0.15) is 5.75 Å². The van der Waals surface area contributed by atoms with Crippen LogP contribution in [-0.4, -0.2) is 45.9 Å². The van der Waals surface area contributed by atoms with Gasteiger partial charge in [0.25, 0.3) is 0 Å². The minimum absolute atomic E-state index is 0.0284. The molecule has 2 saturated heterocycles. The van der Waals surface area contributed by atoms with Crippen LogP contribution in [0.4, 0.5) is 0 Å². The standard InChI is InChI=1S/C26H30N4O2S/c1-17-14-22(18(2)30(17)19-8-6-9-20(15-19)31-3)25-24(23-11-4-5-12-27-23)28-26(33)29(25)16-21-10-7-13-32-21/h4-6,8-9,11-12,14-15,21,24-25H,7,10,13,16H2,1-3H3,(H,28,33)/t21-,24+,25+/m0/s1. The van der Waals surface area contributed by atoms with Crippen molar-refractivity contribution in [2.24, 2.45) is 0 Å². The van der Waals surface area contributed by atoms with Crippen molar-refractivity contribution < 1.29 is 9.47 Å². The molecule has 7 heteroatoms. The van der Waals surface area contributed by atoms with Crippen molar-refractivity contribution in [1.82, 2.24) is 19.8 Å². The third kappa shape index (κ3) is 4.11. The molecule has 1 N–H and O–H groups in total. The quantitative estimate of drug-likeness (QED) is 0.538. The molecule has 3 aromatic rings. The van der Waals surface area contributed by atoms with Gasteiger partial charge in [-0.05, 0) is 74.8 Å². The van der Waals surface area contributed by atoms with E-state index in [1.54, 1.807) is 7.11 Å². The Balaban J connectivity index is 1.59. The molecule has 6 nitrogen and oxygen atoms in total. The Morgan fingerprint density at radius 3 is 2.79 bits per heavy atom. The molecule has 172 valence electrons. The van der Waals surface area contributed by atoms with Crippen molar-refractivity contribution in [2.75, 3.05) is 20.3 Å². The Morgan fingerprint density at radius 1 is 1.18 bits per heavy atom. The fourth-order valence-corrected chi connectivity index (χ4v) is 5.50. The van der Waals surface area contributed by atoms with Crippen LogP contribution in [0.1, 0.15) is 47.6 Å². The zero-order valence-electron chi connectivity index (χ0n) is 19.3. The van der Waals surface area contributed by atoms with E-state index in [0.717, 1.165) is 48.2 Å². The average molecular weight is 463 g/mol. The number of rotatable bonds is 6. The molecular formula is C26H30N4O2S. The molecule has 5 rings (SSSR count). The van der Waals surface area contributed by atoms with Gasteiger partial charge in [0.05, 0.1) is 31.0 Å². The van der Waals surface area contributed by atoms with Crippen LogP contribution < -0.4 is 10.1 Å². The lowest BCUT2D eigenvalue weighted by Crippen LogP contribution is -2.36. The number of ether oxygens (including phenoxy) is 2. The Kier molecular flexibility index (Phi) is 6.08. The first-order chi connectivity index (χ1) is 16.1. The molecule has 0 bridgehead atoms. The van der Waals surface area contributed by atoms with Gasteiger partial charge in [0, 0.05) is 42.5 Å². The number of pyridine rings is 1. The minimum Gasteiger partial charge on any atom is -0.497 e. The summed E-state index contributed by atoms with van der Waals surface area (Å²) in [4.78, 5) is 6.98. The lowest BCUT2D eigenvalue weighted by Gasteiger charge is -2.30. The van der Waals surface area contributed by atoms with E-state index in [2.05, 4.69) is 57.9 Å². The molecule has 0 aliphatic carbocycles. The zero-order valence-corrected chi connectivity index (χ0v) is 20.1. The molecule has 0 amide bonds. The predicted octanol–water partition coefficient (Wildman–Crippen LogP) is 4.65. The van der Waals surface area contributed by atoms with Gasteiger partial charge >= 0.3 is 0 Å². The number of aromatic nitrogens is 2. The minimum atomic E-state index is -0.0284. The van der Waals surface area contributed by atoms with Crippen LogP contribution in [-0.2, 0) is 4.74 Å². The van der Waals surface area contributed by atoms with Crippen LogP contribution in [0.25, 0.3) is 5.69 Å². The Labute approximate surface area is 200 Å². The predicted molar refractivity (Wildman–Crippen MR) is 133 cm³/mol. The van der Waals surface area contributed by atoms with E-state index in [0.29, 0.717) is 0 Å². The second-order valence-electron chi connectivity index (χ2n) is 8.78. The van der Waals surface area contributed by atoms with Gasteiger partial charge in [0.2, 0.25) is 0 Å². The van der Waals surface area contributed by atoms with Gasteiger partial charge < -0.3 is 24.3 Å². The summed E-state index contributed by atoms with van der Waals surface area (Å²) < 4.78 is 13.7. The molecule has 3 atom stereocenters. The van der Waals surface area contributed by atoms with E-state index >= 15 is 0 Å². The zero-order chi connectivity index (χ0) is 22.9. The summed E-state index contributed by atoms with van der Waals surface area (Å²) in [5.41, 5.74) is 5.69. The number of benzene rings is 1. The van der Waals surface area contributed by atoms with Crippen molar-refractivity contribution in [3.05, 3.63) is 77.4 Å². The Morgan fingerprint density at radius 2 is 2.06 bits per heavy atom. The van der Waals surface area contributed by atoms with Gasteiger partial charge in [-0.15, -0.1) is 0 Å². The summed E-state index contributed by atoms with van der Waals surface area (Å²) >= 11 is 5.85. The first-order valence-corrected chi connectivity index (χ1v) is 11.9. The number of hydrogen-bond acceptors (Lipinski definition) is 4. The Hall–Kier alpha value is -2.90. The molecule has 2 aliphatic rings. The number of nitrogens with zero attached hydrogens (tertiary/aromatic N) is 3. The third-order valence-corrected chi connectivity index (χ3v) is 7.07. The molecule has 4 heterocycles. The lowest BCUT2D eigenvalue weighted by molar-refractivity contribution is 0.0842. The van der Waals surface area contributed by atoms with Gasteiger partial charge in [0.15, 0.2) is 5.11 Å². The summed E-state index contributed by atoms with van der Waals surface area (Å²) in [6.07, 6.45) is 4.23. The van der Waals surface area contributed by atoms with Crippen LogP contribution in [0.2, 0.25) is 0 Å². The monoisotopic (exact) mass is 462 g/mol. The molecule has 2 fully saturated rings. The summed E-state index contributed by atoms with van der Waals surface area (Å²) in [6, 6.07) is 16.5. The van der Waals surface area contributed by atoms with Gasteiger partial charge in [-0.2, -0.15) is 0 Å². The smallest absolute Gasteiger partial charge is 0.170 e. The maximum Gasteiger partial charge on any atom is 0.170 e. The van der Waals surface area contributed by atoms with Crippen LogP contribution >= 0.6 is 12.2 Å². The second-order valence-corrected chi connectivity index (χ2v) is 9.16. The summed E-state index contributed by atoms with van der Waals surface area (Å²) in [5.74, 6) is 0.844.